The fraction of sp³-hybridized carbons (Fsp3) is 0.368. The van der Waals surface area contributed by atoms with Crippen molar-refractivity contribution in [3.8, 4) is 11.5 Å². The molecule has 9 heteroatoms. The van der Waals surface area contributed by atoms with Gasteiger partial charge in [-0.3, -0.25) is 9.67 Å². The van der Waals surface area contributed by atoms with Gasteiger partial charge in [-0.05, 0) is 25.0 Å². The Kier molecular flexibility index (Phi) is 4.19. The molecule has 0 bridgehead atoms. The molecule has 142 valence electrons. The Morgan fingerprint density at radius 3 is 2.89 bits per heavy atom. The lowest BCUT2D eigenvalue weighted by Crippen LogP contribution is -2.08. The van der Waals surface area contributed by atoms with Crippen molar-refractivity contribution in [3.05, 3.63) is 42.3 Å². The number of anilines is 1. The van der Waals surface area contributed by atoms with Gasteiger partial charge in [0.25, 0.3) is 0 Å². The quantitative estimate of drug-likeness (QED) is 0.566. The largest absolute Gasteiger partial charge is 0.360 e. The van der Waals surface area contributed by atoms with Crippen molar-refractivity contribution in [2.24, 2.45) is 7.05 Å². The molecule has 4 aromatic heterocycles. The molecule has 1 aliphatic rings. The highest BCUT2D eigenvalue weighted by atomic mass is 16.5. The highest BCUT2D eigenvalue weighted by Crippen LogP contribution is 2.34. The summed E-state index contributed by atoms with van der Waals surface area (Å²) in [6.07, 6.45) is 8.23. The highest BCUT2D eigenvalue weighted by Gasteiger charge is 2.22. The van der Waals surface area contributed by atoms with Gasteiger partial charge in [-0.15, -0.1) is 0 Å². The van der Waals surface area contributed by atoms with Crippen LogP contribution in [0.25, 0.3) is 22.6 Å². The SMILES string of the molecule is Cn1ncc2c(NCc3nc(-c4ccccn4)no3)nc(C3CCCC3)nc21. The summed E-state index contributed by atoms with van der Waals surface area (Å²) >= 11 is 0. The summed E-state index contributed by atoms with van der Waals surface area (Å²) in [5.74, 6) is 2.99. The van der Waals surface area contributed by atoms with Gasteiger partial charge in [-0.2, -0.15) is 10.1 Å². The molecule has 4 aromatic rings. The molecule has 0 spiro atoms. The Morgan fingerprint density at radius 2 is 2.07 bits per heavy atom. The minimum absolute atomic E-state index is 0.366. The summed E-state index contributed by atoms with van der Waals surface area (Å²) in [4.78, 5) is 18.2. The van der Waals surface area contributed by atoms with E-state index in [1.165, 1.54) is 12.8 Å². The molecule has 0 aliphatic heterocycles. The number of fused-ring (bicyclic) bond motifs is 1. The molecule has 5 rings (SSSR count). The molecule has 28 heavy (non-hydrogen) atoms. The summed E-state index contributed by atoms with van der Waals surface area (Å²) in [5, 5.41) is 12.6. The number of nitrogens with zero attached hydrogens (tertiary/aromatic N) is 7. The molecular formula is C19H20N8O. The Hall–Kier alpha value is -3.36. The molecule has 0 saturated heterocycles. The van der Waals surface area contributed by atoms with E-state index in [0.717, 1.165) is 35.5 Å². The molecule has 0 atom stereocenters. The van der Waals surface area contributed by atoms with Crippen LogP contribution in [-0.2, 0) is 13.6 Å². The van der Waals surface area contributed by atoms with Gasteiger partial charge in [-0.1, -0.05) is 24.1 Å². The number of hydrogen-bond acceptors (Lipinski definition) is 8. The van der Waals surface area contributed by atoms with Crippen LogP contribution in [0.1, 0.15) is 43.3 Å². The zero-order valence-electron chi connectivity index (χ0n) is 15.5. The predicted octanol–water partition coefficient (Wildman–Crippen LogP) is 3.08. The molecule has 4 heterocycles. The van der Waals surface area contributed by atoms with Crippen molar-refractivity contribution in [3.63, 3.8) is 0 Å². The van der Waals surface area contributed by atoms with Gasteiger partial charge < -0.3 is 9.84 Å². The van der Waals surface area contributed by atoms with E-state index < -0.39 is 0 Å². The zero-order chi connectivity index (χ0) is 18.9. The van der Waals surface area contributed by atoms with Crippen molar-refractivity contribution in [1.29, 1.82) is 0 Å². The van der Waals surface area contributed by atoms with Crippen molar-refractivity contribution in [2.75, 3.05) is 5.32 Å². The zero-order valence-corrected chi connectivity index (χ0v) is 15.5. The third kappa shape index (κ3) is 3.08. The fourth-order valence-electron chi connectivity index (χ4n) is 3.63. The first-order valence-electron chi connectivity index (χ1n) is 9.45. The smallest absolute Gasteiger partial charge is 0.246 e. The van der Waals surface area contributed by atoms with Gasteiger partial charge in [0.05, 0.1) is 18.1 Å². The van der Waals surface area contributed by atoms with Crippen LogP contribution in [0.15, 0.2) is 35.1 Å². The molecule has 0 aromatic carbocycles. The van der Waals surface area contributed by atoms with Gasteiger partial charge in [0.1, 0.15) is 17.3 Å². The Morgan fingerprint density at radius 1 is 1.18 bits per heavy atom. The first-order chi connectivity index (χ1) is 13.8. The summed E-state index contributed by atoms with van der Waals surface area (Å²) in [6.45, 7) is 0.366. The van der Waals surface area contributed by atoms with Crippen molar-refractivity contribution >= 4 is 16.9 Å². The average molecular weight is 376 g/mol. The minimum atomic E-state index is 0.366. The van der Waals surface area contributed by atoms with Crippen LogP contribution in [0, 0.1) is 0 Å². The highest BCUT2D eigenvalue weighted by molar-refractivity contribution is 5.86. The van der Waals surface area contributed by atoms with Crippen LogP contribution < -0.4 is 5.32 Å². The third-order valence-electron chi connectivity index (χ3n) is 5.10. The Labute approximate surface area is 161 Å². The van der Waals surface area contributed by atoms with Gasteiger partial charge in [-0.25, -0.2) is 9.97 Å². The molecule has 0 unspecified atom stereocenters. The second-order valence-corrected chi connectivity index (χ2v) is 7.00. The maximum absolute atomic E-state index is 5.36. The summed E-state index contributed by atoms with van der Waals surface area (Å²) in [5.41, 5.74) is 1.51. The number of pyridine rings is 1. The molecule has 0 amide bonds. The molecule has 0 radical (unpaired) electrons. The number of aryl methyl sites for hydroxylation is 1. The topological polar surface area (TPSA) is 107 Å². The lowest BCUT2D eigenvalue weighted by Gasteiger charge is -2.11. The second kappa shape index (κ2) is 6.99. The maximum Gasteiger partial charge on any atom is 0.246 e. The van der Waals surface area contributed by atoms with E-state index in [9.17, 15) is 0 Å². The second-order valence-electron chi connectivity index (χ2n) is 7.00. The first-order valence-corrected chi connectivity index (χ1v) is 9.45. The van der Waals surface area contributed by atoms with E-state index in [1.54, 1.807) is 17.1 Å². The summed E-state index contributed by atoms with van der Waals surface area (Å²) < 4.78 is 7.14. The van der Waals surface area contributed by atoms with Crippen LogP contribution in [0.5, 0.6) is 0 Å². The molecule has 1 aliphatic carbocycles. The summed E-state index contributed by atoms with van der Waals surface area (Å²) in [7, 11) is 1.90. The normalized spacial score (nSPS) is 14.8. The number of rotatable bonds is 5. The Bertz CT molecular complexity index is 1100. The van der Waals surface area contributed by atoms with Gasteiger partial charge in [0.15, 0.2) is 5.65 Å². The molecule has 1 saturated carbocycles. The van der Waals surface area contributed by atoms with Crippen LogP contribution in [-0.4, -0.2) is 34.9 Å². The van der Waals surface area contributed by atoms with Crippen molar-refractivity contribution in [2.45, 2.75) is 38.1 Å². The van der Waals surface area contributed by atoms with E-state index in [1.807, 2.05) is 25.2 Å². The summed E-state index contributed by atoms with van der Waals surface area (Å²) in [6, 6.07) is 5.59. The molecule has 1 N–H and O–H groups in total. The molecule has 1 fully saturated rings. The van der Waals surface area contributed by atoms with Crippen LogP contribution in [0.2, 0.25) is 0 Å². The first kappa shape index (κ1) is 16.8. The van der Waals surface area contributed by atoms with Crippen molar-refractivity contribution < 1.29 is 4.52 Å². The van der Waals surface area contributed by atoms with E-state index in [0.29, 0.717) is 29.9 Å². The van der Waals surface area contributed by atoms with E-state index >= 15 is 0 Å². The monoisotopic (exact) mass is 376 g/mol. The standard InChI is InChI=1S/C19H20N8O/c1-27-19-13(10-22-27)17(24-16(25-19)12-6-2-3-7-12)21-11-15-23-18(26-28-15)14-8-4-5-9-20-14/h4-5,8-10,12H,2-3,6-7,11H2,1H3,(H,21,24,25). The maximum atomic E-state index is 5.36. The van der Waals surface area contributed by atoms with E-state index in [2.05, 4.69) is 25.5 Å². The van der Waals surface area contributed by atoms with Crippen LogP contribution in [0.3, 0.4) is 0 Å². The van der Waals surface area contributed by atoms with E-state index in [4.69, 9.17) is 14.5 Å². The van der Waals surface area contributed by atoms with Gasteiger partial charge >= 0.3 is 0 Å². The predicted molar refractivity (Wildman–Crippen MR) is 102 cm³/mol. The van der Waals surface area contributed by atoms with Crippen molar-refractivity contribution in [1.82, 2.24) is 34.9 Å². The average Bonchev–Trinajstić information content (AvgIpc) is 3.49. The lowest BCUT2D eigenvalue weighted by molar-refractivity contribution is 0.384. The lowest BCUT2D eigenvalue weighted by atomic mass is 10.1. The number of hydrogen-bond donors (Lipinski definition) is 1. The minimum Gasteiger partial charge on any atom is -0.360 e. The van der Waals surface area contributed by atoms with Gasteiger partial charge in [0.2, 0.25) is 11.7 Å². The third-order valence-corrected chi connectivity index (χ3v) is 5.10. The van der Waals surface area contributed by atoms with Crippen LogP contribution >= 0.6 is 0 Å². The fourth-order valence-corrected chi connectivity index (χ4v) is 3.63. The van der Waals surface area contributed by atoms with Gasteiger partial charge in [0, 0.05) is 19.2 Å². The molecular weight excluding hydrogens is 356 g/mol. The number of aromatic nitrogens is 7. The number of nitrogens with one attached hydrogen (secondary N) is 1. The Balaban J connectivity index is 1.41. The van der Waals surface area contributed by atoms with E-state index in [-0.39, 0.29) is 0 Å². The van der Waals surface area contributed by atoms with Crippen LogP contribution in [0.4, 0.5) is 5.82 Å². The molecule has 9 nitrogen and oxygen atoms in total.